The number of hydrogen-bond donors (Lipinski definition) is 0. The Kier molecular flexibility index (Phi) is 2.28. The summed E-state index contributed by atoms with van der Waals surface area (Å²) in [5.41, 5.74) is 1.38. The van der Waals surface area contributed by atoms with E-state index in [0.717, 1.165) is 5.56 Å². The zero-order valence-corrected chi connectivity index (χ0v) is 8.74. The summed E-state index contributed by atoms with van der Waals surface area (Å²) in [7, 11) is 0. The first-order valence-electron chi connectivity index (χ1n) is 5.18. The van der Waals surface area contributed by atoms with Crippen LogP contribution < -0.4 is 5.56 Å². The second kappa shape index (κ2) is 3.91. The molecule has 1 aromatic carbocycles. The van der Waals surface area contributed by atoms with Crippen molar-refractivity contribution in [3.63, 3.8) is 0 Å². The largest absolute Gasteiger partial charge is 0.284 e. The Morgan fingerprint density at radius 1 is 1.33 bits per heavy atom. The van der Waals surface area contributed by atoms with Gasteiger partial charge in [0.05, 0.1) is 5.69 Å². The Labute approximate surface area is 94.2 Å². The molecular formula is C12H10ClNO. The van der Waals surface area contributed by atoms with Crippen molar-refractivity contribution < 1.29 is 1.37 Å². The van der Waals surface area contributed by atoms with E-state index in [2.05, 4.69) is 0 Å². The fraction of sp³-hybridized carbons (Fsp3) is 0.0833. The number of rotatable bonds is 1. The van der Waals surface area contributed by atoms with Crippen LogP contribution in [0.5, 0.6) is 0 Å². The van der Waals surface area contributed by atoms with Gasteiger partial charge in [-0.15, -0.1) is 0 Å². The van der Waals surface area contributed by atoms with Gasteiger partial charge in [-0.3, -0.25) is 9.36 Å². The average molecular weight is 221 g/mol. The quantitative estimate of drug-likeness (QED) is 0.725. The van der Waals surface area contributed by atoms with Gasteiger partial charge in [0.1, 0.15) is 0 Å². The Morgan fingerprint density at radius 3 is 2.93 bits per heavy atom. The standard InChI is InChI=1S/C12H10ClNO/c1-9-5-6-12(15)14(8-9)11-4-2-3-10(13)7-11/h2-8H,1H3/i1D. The number of benzene rings is 1. The van der Waals surface area contributed by atoms with Gasteiger partial charge in [-0.2, -0.15) is 0 Å². The van der Waals surface area contributed by atoms with Crippen molar-refractivity contribution in [2.45, 2.75) is 6.90 Å². The van der Waals surface area contributed by atoms with Crippen LogP contribution in [-0.4, -0.2) is 4.57 Å². The highest BCUT2D eigenvalue weighted by molar-refractivity contribution is 6.30. The summed E-state index contributed by atoms with van der Waals surface area (Å²) in [5.74, 6) is 0. The number of pyridine rings is 1. The molecule has 2 aromatic rings. The summed E-state index contributed by atoms with van der Waals surface area (Å²) < 4.78 is 8.77. The molecule has 0 fully saturated rings. The van der Waals surface area contributed by atoms with Crippen molar-refractivity contribution >= 4 is 11.6 Å². The van der Waals surface area contributed by atoms with E-state index in [1.165, 1.54) is 10.6 Å². The van der Waals surface area contributed by atoms with Gasteiger partial charge in [-0.05, 0) is 30.7 Å². The molecule has 2 rings (SSSR count). The van der Waals surface area contributed by atoms with Crippen LogP contribution in [0.15, 0.2) is 47.4 Å². The lowest BCUT2D eigenvalue weighted by molar-refractivity contribution is 0.977. The molecule has 0 N–H and O–H groups in total. The first-order chi connectivity index (χ1) is 7.70. The van der Waals surface area contributed by atoms with Crippen molar-refractivity contribution in [2.75, 3.05) is 0 Å². The molecule has 0 bridgehead atoms. The monoisotopic (exact) mass is 220 g/mol. The van der Waals surface area contributed by atoms with Crippen LogP contribution in [0.25, 0.3) is 5.69 Å². The maximum atomic E-state index is 11.7. The molecule has 0 saturated heterocycles. The first-order valence-corrected chi connectivity index (χ1v) is 4.85. The minimum Gasteiger partial charge on any atom is -0.284 e. The molecule has 0 radical (unpaired) electrons. The number of aryl methyl sites for hydroxylation is 1. The van der Waals surface area contributed by atoms with E-state index in [1.54, 1.807) is 36.5 Å². The van der Waals surface area contributed by atoms with Crippen LogP contribution >= 0.6 is 11.6 Å². The molecule has 0 aliphatic heterocycles. The summed E-state index contributed by atoms with van der Waals surface area (Å²) in [5, 5.41) is 0.584. The number of halogens is 1. The minimum atomic E-state index is -0.125. The highest BCUT2D eigenvalue weighted by atomic mass is 35.5. The molecule has 0 atom stereocenters. The molecule has 0 aliphatic rings. The highest BCUT2D eigenvalue weighted by Gasteiger charge is 1.99. The number of aromatic nitrogens is 1. The third-order valence-electron chi connectivity index (χ3n) is 2.06. The Morgan fingerprint density at radius 2 is 2.20 bits per heavy atom. The van der Waals surface area contributed by atoms with Crippen molar-refractivity contribution in [1.29, 1.82) is 0 Å². The molecule has 0 aliphatic carbocycles. The van der Waals surface area contributed by atoms with Crippen molar-refractivity contribution in [1.82, 2.24) is 4.57 Å². The van der Waals surface area contributed by atoms with Crippen LogP contribution in [0.3, 0.4) is 0 Å². The van der Waals surface area contributed by atoms with E-state index in [1.807, 2.05) is 0 Å². The molecule has 1 aromatic heterocycles. The lowest BCUT2D eigenvalue weighted by atomic mass is 10.2. The van der Waals surface area contributed by atoms with Gasteiger partial charge in [0, 0.05) is 18.7 Å². The number of hydrogen-bond acceptors (Lipinski definition) is 1. The molecule has 0 unspecified atom stereocenters. The van der Waals surface area contributed by atoms with E-state index in [0.29, 0.717) is 10.7 Å². The second-order valence-corrected chi connectivity index (χ2v) is 3.66. The molecule has 76 valence electrons. The SMILES string of the molecule is [2H]Cc1ccc(=O)n(-c2cccc(Cl)c2)c1. The molecule has 2 nitrogen and oxygen atoms in total. The maximum absolute atomic E-state index is 11.7. The fourth-order valence-electron chi connectivity index (χ4n) is 1.36. The van der Waals surface area contributed by atoms with E-state index in [4.69, 9.17) is 13.0 Å². The smallest absolute Gasteiger partial charge is 0.255 e. The Bertz CT molecular complexity index is 565. The zero-order valence-electron chi connectivity index (χ0n) is 8.98. The Balaban J connectivity index is 2.59. The second-order valence-electron chi connectivity index (χ2n) is 3.23. The predicted molar refractivity (Wildman–Crippen MR) is 61.8 cm³/mol. The van der Waals surface area contributed by atoms with Crippen molar-refractivity contribution in [2.24, 2.45) is 0 Å². The van der Waals surface area contributed by atoms with Crippen molar-refractivity contribution in [3.8, 4) is 5.69 Å². The first kappa shape index (κ1) is 8.74. The normalized spacial score (nSPS) is 11.1. The summed E-state index contributed by atoms with van der Waals surface area (Å²) >= 11 is 5.87. The molecule has 15 heavy (non-hydrogen) atoms. The lowest BCUT2D eigenvalue weighted by Crippen LogP contribution is -2.16. The highest BCUT2D eigenvalue weighted by Crippen LogP contribution is 2.13. The number of nitrogens with zero attached hydrogens (tertiary/aromatic N) is 1. The van der Waals surface area contributed by atoms with Crippen LogP contribution in [0.1, 0.15) is 6.93 Å². The van der Waals surface area contributed by atoms with Gasteiger partial charge in [0.25, 0.3) is 5.56 Å². The Hall–Kier alpha value is -1.54. The maximum Gasteiger partial charge on any atom is 0.255 e. The summed E-state index contributed by atoms with van der Waals surface area (Å²) in [6.45, 7) is 0.154. The lowest BCUT2D eigenvalue weighted by Gasteiger charge is -2.06. The van der Waals surface area contributed by atoms with Gasteiger partial charge >= 0.3 is 0 Å². The summed E-state index contributed by atoms with van der Waals surface area (Å²) in [4.78, 5) is 11.7. The molecular weight excluding hydrogens is 210 g/mol. The zero-order chi connectivity index (χ0) is 11.5. The van der Waals surface area contributed by atoms with Crippen molar-refractivity contribution in [3.05, 3.63) is 63.5 Å². The third kappa shape index (κ3) is 2.10. The summed E-state index contributed by atoms with van der Waals surface area (Å²) in [6.07, 6.45) is 1.67. The van der Waals surface area contributed by atoms with Crippen LogP contribution in [-0.2, 0) is 0 Å². The van der Waals surface area contributed by atoms with Gasteiger partial charge in [-0.1, -0.05) is 23.7 Å². The summed E-state index contributed by atoms with van der Waals surface area (Å²) in [6, 6.07) is 10.2. The predicted octanol–water partition coefficient (Wildman–Crippen LogP) is 2.80. The van der Waals surface area contributed by atoms with E-state index in [9.17, 15) is 4.79 Å². The van der Waals surface area contributed by atoms with Gasteiger partial charge in [0.2, 0.25) is 0 Å². The van der Waals surface area contributed by atoms with E-state index in [-0.39, 0.29) is 12.5 Å². The molecule has 1 heterocycles. The average Bonchev–Trinajstić information content (AvgIpc) is 2.30. The van der Waals surface area contributed by atoms with Gasteiger partial charge < -0.3 is 0 Å². The molecule has 0 amide bonds. The van der Waals surface area contributed by atoms with Gasteiger partial charge in [-0.25, -0.2) is 0 Å². The van der Waals surface area contributed by atoms with Crippen LogP contribution in [0, 0.1) is 6.90 Å². The third-order valence-corrected chi connectivity index (χ3v) is 2.29. The van der Waals surface area contributed by atoms with Crippen LogP contribution in [0.2, 0.25) is 5.02 Å². The topological polar surface area (TPSA) is 22.0 Å². The molecule has 3 heteroatoms. The minimum absolute atomic E-state index is 0.125. The molecule has 0 saturated carbocycles. The van der Waals surface area contributed by atoms with E-state index >= 15 is 0 Å². The van der Waals surface area contributed by atoms with Crippen LogP contribution in [0.4, 0.5) is 0 Å². The fourth-order valence-corrected chi connectivity index (χ4v) is 1.54. The van der Waals surface area contributed by atoms with Gasteiger partial charge in [0.15, 0.2) is 0 Å². The van der Waals surface area contributed by atoms with E-state index < -0.39 is 0 Å². The molecule has 0 spiro atoms.